The second-order valence-corrected chi connectivity index (χ2v) is 3.83. The number of benzene rings is 1. The van der Waals surface area contributed by atoms with E-state index in [1.165, 1.54) is 0 Å². The van der Waals surface area contributed by atoms with Gasteiger partial charge < -0.3 is 10.1 Å². The van der Waals surface area contributed by atoms with Crippen LogP contribution >= 0.6 is 0 Å². The highest BCUT2D eigenvalue weighted by Crippen LogP contribution is 2.19. The van der Waals surface area contributed by atoms with Gasteiger partial charge in [-0.15, -0.1) is 0 Å². The van der Waals surface area contributed by atoms with Crippen LogP contribution in [0.3, 0.4) is 0 Å². The molecule has 1 heterocycles. The zero-order valence-electron chi connectivity index (χ0n) is 8.82. The Morgan fingerprint density at radius 3 is 3.07 bits per heavy atom. The molecule has 1 aromatic carbocycles. The lowest BCUT2D eigenvalue weighted by molar-refractivity contribution is -0.122. The van der Waals surface area contributed by atoms with E-state index in [1.807, 2.05) is 24.3 Å². The number of methoxy groups -OCH3 is 1. The monoisotopic (exact) mass is 205 g/mol. The molecule has 1 aliphatic rings. The van der Waals surface area contributed by atoms with Crippen molar-refractivity contribution in [3.63, 3.8) is 0 Å². The van der Waals surface area contributed by atoms with Crippen LogP contribution in [0.15, 0.2) is 24.3 Å². The van der Waals surface area contributed by atoms with E-state index in [2.05, 4.69) is 5.32 Å². The first-order chi connectivity index (χ1) is 7.29. The van der Waals surface area contributed by atoms with E-state index < -0.39 is 0 Å². The third kappa shape index (κ3) is 2.29. The Balaban J connectivity index is 2.06. The molecule has 1 amide bonds. The Bertz CT molecular complexity index is 362. The molecule has 3 heteroatoms. The van der Waals surface area contributed by atoms with Crippen LogP contribution in [-0.2, 0) is 11.2 Å². The Morgan fingerprint density at radius 2 is 2.40 bits per heavy atom. The average Bonchev–Trinajstić information content (AvgIpc) is 2.65. The van der Waals surface area contributed by atoms with Gasteiger partial charge in [0, 0.05) is 12.5 Å². The third-order valence-electron chi connectivity index (χ3n) is 2.78. The van der Waals surface area contributed by atoms with Crippen molar-refractivity contribution in [2.45, 2.75) is 12.8 Å². The smallest absolute Gasteiger partial charge is 0.223 e. The van der Waals surface area contributed by atoms with Gasteiger partial charge in [0.25, 0.3) is 0 Å². The number of hydrogen-bond acceptors (Lipinski definition) is 2. The molecule has 0 aliphatic carbocycles. The molecule has 1 saturated heterocycles. The number of carbonyl (C=O) groups is 1. The van der Waals surface area contributed by atoms with Gasteiger partial charge in [0.15, 0.2) is 0 Å². The van der Waals surface area contributed by atoms with E-state index >= 15 is 0 Å². The molecule has 2 rings (SSSR count). The zero-order chi connectivity index (χ0) is 10.7. The minimum atomic E-state index is 0.136. The Morgan fingerprint density at radius 1 is 1.53 bits per heavy atom. The van der Waals surface area contributed by atoms with E-state index in [0.717, 1.165) is 30.7 Å². The lowest BCUT2D eigenvalue weighted by atomic mass is 9.98. The second-order valence-electron chi connectivity index (χ2n) is 3.83. The maximum absolute atomic E-state index is 11.4. The van der Waals surface area contributed by atoms with E-state index in [4.69, 9.17) is 4.74 Å². The summed E-state index contributed by atoms with van der Waals surface area (Å²) >= 11 is 0. The van der Waals surface area contributed by atoms with Crippen LogP contribution in [0.4, 0.5) is 0 Å². The topological polar surface area (TPSA) is 38.3 Å². The Hall–Kier alpha value is -1.51. The van der Waals surface area contributed by atoms with Crippen molar-refractivity contribution >= 4 is 5.91 Å². The van der Waals surface area contributed by atoms with Crippen molar-refractivity contribution in [2.24, 2.45) is 5.92 Å². The quantitative estimate of drug-likeness (QED) is 0.809. The molecule has 80 valence electrons. The molecule has 1 unspecified atom stereocenters. The van der Waals surface area contributed by atoms with Crippen LogP contribution in [0, 0.1) is 5.92 Å². The number of ether oxygens (including phenoxy) is 1. The molecule has 1 fully saturated rings. The summed E-state index contributed by atoms with van der Waals surface area (Å²) in [5, 5.41) is 2.85. The summed E-state index contributed by atoms with van der Waals surface area (Å²) in [7, 11) is 1.65. The van der Waals surface area contributed by atoms with Crippen molar-refractivity contribution in [3.05, 3.63) is 29.8 Å². The molecule has 0 spiro atoms. The van der Waals surface area contributed by atoms with Crippen molar-refractivity contribution in [3.8, 4) is 5.75 Å². The molecule has 0 aromatic heterocycles. The highest BCUT2D eigenvalue weighted by atomic mass is 16.5. The first-order valence-corrected chi connectivity index (χ1v) is 5.20. The van der Waals surface area contributed by atoms with Gasteiger partial charge in [0.1, 0.15) is 5.75 Å². The standard InChI is InChI=1S/C12H15NO2/c1-15-11-4-2-3-9(8-11)7-10-5-6-13-12(10)14/h2-4,8,10H,5-7H2,1H3,(H,13,14). The number of rotatable bonds is 3. The normalized spacial score (nSPS) is 20.1. The number of amides is 1. The maximum Gasteiger partial charge on any atom is 0.223 e. The predicted octanol–water partition coefficient (Wildman–Crippen LogP) is 1.37. The van der Waals surface area contributed by atoms with Crippen LogP contribution in [-0.4, -0.2) is 19.6 Å². The minimum absolute atomic E-state index is 0.136. The van der Waals surface area contributed by atoms with Crippen LogP contribution in [0.2, 0.25) is 0 Å². The molecular formula is C12H15NO2. The summed E-state index contributed by atoms with van der Waals surface area (Å²) in [6.07, 6.45) is 1.75. The summed E-state index contributed by atoms with van der Waals surface area (Å²) in [5.41, 5.74) is 1.16. The van der Waals surface area contributed by atoms with Gasteiger partial charge in [-0.05, 0) is 30.5 Å². The summed E-state index contributed by atoms with van der Waals surface area (Å²) in [4.78, 5) is 11.4. The first kappa shape index (κ1) is 10.0. The molecule has 1 aliphatic heterocycles. The zero-order valence-corrected chi connectivity index (χ0v) is 8.82. The highest BCUT2D eigenvalue weighted by molar-refractivity contribution is 5.80. The first-order valence-electron chi connectivity index (χ1n) is 5.20. The van der Waals surface area contributed by atoms with Gasteiger partial charge >= 0.3 is 0 Å². The Kier molecular flexibility index (Phi) is 2.90. The summed E-state index contributed by atoms with van der Waals surface area (Å²) < 4.78 is 5.15. The summed E-state index contributed by atoms with van der Waals surface area (Å²) in [6, 6.07) is 7.90. The van der Waals surface area contributed by atoms with Gasteiger partial charge in [-0.2, -0.15) is 0 Å². The lowest BCUT2D eigenvalue weighted by Gasteiger charge is -2.07. The third-order valence-corrected chi connectivity index (χ3v) is 2.78. The van der Waals surface area contributed by atoms with E-state index in [-0.39, 0.29) is 11.8 Å². The molecule has 15 heavy (non-hydrogen) atoms. The van der Waals surface area contributed by atoms with Crippen molar-refractivity contribution in [2.75, 3.05) is 13.7 Å². The van der Waals surface area contributed by atoms with E-state index in [1.54, 1.807) is 7.11 Å². The fourth-order valence-electron chi connectivity index (χ4n) is 1.92. The summed E-state index contributed by atoms with van der Waals surface area (Å²) in [6.45, 7) is 0.813. The molecule has 1 aromatic rings. The molecule has 1 N–H and O–H groups in total. The van der Waals surface area contributed by atoms with Crippen molar-refractivity contribution in [1.29, 1.82) is 0 Å². The second kappa shape index (κ2) is 4.34. The Labute approximate surface area is 89.4 Å². The van der Waals surface area contributed by atoms with E-state index in [0.29, 0.717) is 0 Å². The highest BCUT2D eigenvalue weighted by Gasteiger charge is 2.23. The number of carbonyl (C=O) groups excluding carboxylic acids is 1. The molecule has 0 saturated carbocycles. The molecule has 0 bridgehead atoms. The van der Waals surface area contributed by atoms with Gasteiger partial charge in [-0.3, -0.25) is 4.79 Å². The fourth-order valence-corrected chi connectivity index (χ4v) is 1.92. The molecule has 3 nitrogen and oxygen atoms in total. The molecular weight excluding hydrogens is 190 g/mol. The SMILES string of the molecule is COc1cccc(CC2CCNC2=O)c1. The van der Waals surface area contributed by atoms with Crippen LogP contribution < -0.4 is 10.1 Å². The lowest BCUT2D eigenvalue weighted by Crippen LogP contribution is -2.20. The largest absolute Gasteiger partial charge is 0.497 e. The van der Waals surface area contributed by atoms with Crippen LogP contribution in [0.1, 0.15) is 12.0 Å². The maximum atomic E-state index is 11.4. The molecule has 1 atom stereocenters. The van der Waals surface area contributed by atoms with Crippen LogP contribution in [0.25, 0.3) is 0 Å². The van der Waals surface area contributed by atoms with Gasteiger partial charge in [-0.1, -0.05) is 12.1 Å². The predicted molar refractivity (Wildman–Crippen MR) is 57.8 cm³/mol. The van der Waals surface area contributed by atoms with Gasteiger partial charge in [0.2, 0.25) is 5.91 Å². The number of hydrogen-bond donors (Lipinski definition) is 1. The van der Waals surface area contributed by atoms with Crippen molar-refractivity contribution < 1.29 is 9.53 Å². The van der Waals surface area contributed by atoms with Crippen LogP contribution in [0.5, 0.6) is 5.75 Å². The van der Waals surface area contributed by atoms with E-state index in [9.17, 15) is 4.79 Å². The van der Waals surface area contributed by atoms with Crippen molar-refractivity contribution in [1.82, 2.24) is 5.32 Å². The fraction of sp³-hybridized carbons (Fsp3) is 0.417. The minimum Gasteiger partial charge on any atom is -0.497 e. The van der Waals surface area contributed by atoms with Gasteiger partial charge in [-0.25, -0.2) is 0 Å². The average molecular weight is 205 g/mol. The van der Waals surface area contributed by atoms with Gasteiger partial charge in [0.05, 0.1) is 7.11 Å². The number of nitrogens with one attached hydrogen (secondary N) is 1. The summed E-state index contributed by atoms with van der Waals surface area (Å²) in [5.74, 6) is 1.17. The molecule has 0 radical (unpaired) electrons.